The van der Waals surface area contributed by atoms with Gasteiger partial charge in [0, 0.05) is 11.5 Å². The zero-order chi connectivity index (χ0) is 21.1. The van der Waals surface area contributed by atoms with Gasteiger partial charge in [0.2, 0.25) is 5.76 Å². The second-order valence-corrected chi connectivity index (χ2v) is 6.58. The summed E-state index contributed by atoms with van der Waals surface area (Å²) in [5.74, 6) is -1.37. The summed E-state index contributed by atoms with van der Waals surface area (Å²) in [7, 11) is 0. The Labute approximate surface area is 170 Å². The van der Waals surface area contributed by atoms with E-state index in [1.54, 1.807) is 31.2 Å². The molecule has 0 bridgehead atoms. The minimum absolute atomic E-state index is 0.00943. The van der Waals surface area contributed by atoms with Crippen LogP contribution in [0.4, 0.5) is 0 Å². The molecule has 0 aliphatic rings. The predicted molar refractivity (Wildman–Crippen MR) is 108 cm³/mol. The lowest BCUT2D eigenvalue weighted by Gasteiger charge is -2.11. The SMILES string of the molecule is Cc1cc(C(=O)NNC(=O)c2nn(Cc3ccccc3)c(=O)c3ccccc23)on1. The molecule has 0 unspecified atom stereocenters. The normalized spacial score (nSPS) is 10.7. The maximum absolute atomic E-state index is 12.8. The predicted octanol–water partition coefficient (Wildman–Crippen LogP) is 1.82. The van der Waals surface area contributed by atoms with Crippen molar-refractivity contribution in [1.29, 1.82) is 0 Å². The topological polar surface area (TPSA) is 119 Å². The molecule has 0 fully saturated rings. The molecule has 0 saturated carbocycles. The van der Waals surface area contributed by atoms with Gasteiger partial charge in [-0.25, -0.2) is 4.68 Å². The van der Waals surface area contributed by atoms with Crippen molar-refractivity contribution in [3.63, 3.8) is 0 Å². The van der Waals surface area contributed by atoms with Crippen molar-refractivity contribution >= 4 is 22.6 Å². The highest BCUT2D eigenvalue weighted by molar-refractivity contribution is 6.05. The number of hydrazine groups is 1. The highest BCUT2D eigenvalue weighted by Crippen LogP contribution is 2.14. The molecule has 150 valence electrons. The number of rotatable bonds is 4. The molecule has 9 nitrogen and oxygen atoms in total. The van der Waals surface area contributed by atoms with Crippen molar-refractivity contribution in [3.05, 3.63) is 93.7 Å². The van der Waals surface area contributed by atoms with Gasteiger partial charge in [-0.05, 0) is 18.6 Å². The zero-order valence-corrected chi connectivity index (χ0v) is 16.0. The summed E-state index contributed by atoms with van der Waals surface area (Å²) >= 11 is 0. The molecule has 0 spiro atoms. The van der Waals surface area contributed by atoms with Crippen LogP contribution in [-0.4, -0.2) is 26.8 Å². The largest absolute Gasteiger partial charge is 0.351 e. The van der Waals surface area contributed by atoms with E-state index in [0.717, 1.165) is 5.56 Å². The fourth-order valence-corrected chi connectivity index (χ4v) is 2.97. The molecule has 0 aliphatic heterocycles. The number of aromatic nitrogens is 3. The van der Waals surface area contributed by atoms with Crippen LogP contribution in [0.3, 0.4) is 0 Å². The van der Waals surface area contributed by atoms with Crippen LogP contribution < -0.4 is 16.4 Å². The van der Waals surface area contributed by atoms with E-state index < -0.39 is 11.8 Å². The van der Waals surface area contributed by atoms with E-state index in [9.17, 15) is 14.4 Å². The summed E-state index contributed by atoms with van der Waals surface area (Å²) in [4.78, 5) is 37.7. The molecular weight excluding hydrogens is 386 g/mol. The van der Waals surface area contributed by atoms with E-state index in [1.165, 1.54) is 10.7 Å². The lowest BCUT2D eigenvalue weighted by Crippen LogP contribution is -2.42. The summed E-state index contributed by atoms with van der Waals surface area (Å²) in [6, 6.07) is 17.4. The van der Waals surface area contributed by atoms with Crippen molar-refractivity contribution in [1.82, 2.24) is 25.8 Å². The van der Waals surface area contributed by atoms with Gasteiger partial charge >= 0.3 is 5.91 Å². The first kappa shape index (κ1) is 19.1. The average molecular weight is 403 g/mol. The van der Waals surface area contributed by atoms with Crippen LogP contribution in [0.2, 0.25) is 0 Å². The Kier molecular flexibility index (Phi) is 5.08. The van der Waals surface area contributed by atoms with Gasteiger partial charge in [-0.3, -0.25) is 25.2 Å². The molecule has 2 N–H and O–H groups in total. The molecule has 0 radical (unpaired) electrons. The van der Waals surface area contributed by atoms with Crippen LogP contribution in [0.5, 0.6) is 0 Å². The Hall–Kier alpha value is -4.27. The lowest BCUT2D eigenvalue weighted by molar-refractivity contribution is 0.0822. The number of aryl methyl sites for hydroxylation is 1. The minimum Gasteiger partial charge on any atom is -0.351 e. The average Bonchev–Trinajstić information content (AvgIpc) is 3.21. The summed E-state index contributed by atoms with van der Waals surface area (Å²) < 4.78 is 6.09. The summed E-state index contributed by atoms with van der Waals surface area (Å²) in [5, 5.41) is 8.62. The third-order valence-electron chi connectivity index (χ3n) is 4.40. The van der Waals surface area contributed by atoms with E-state index in [-0.39, 0.29) is 23.6 Å². The molecule has 4 aromatic rings. The van der Waals surface area contributed by atoms with E-state index in [1.807, 2.05) is 30.3 Å². The van der Waals surface area contributed by atoms with Gasteiger partial charge in [0.25, 0.3) is 11.5 Å². The number of carbonyl (C=O) groups excluding carboxylic acids is 2. The Morgan fingerprint density at radius 3 is 2.33 bits per heavy atom. The number of benzene rings is 2. The third kappa shape index (κ3) is 3.81. The third-order valence-corrected chi connectivity index (χ3v) is 4.40. The van der Waals surface area contributed by atoms with Gasteiger partial charge in [0.15, 0.2) is 5.69 Å². The fraction of sp³-hybridized carbons (Fsp3) is 0.0952. The quantitative estimate of drug-likeness (QED) is 0.502. The molecule has 9 heteroatoms. The first-order valence-electron chi connectivity index (χ1n) is 9.11. The van der Waals surface area contributed by atoms with Crippen LogP contribution in [-0.2, 0) is 6.54 Å². The van der Waals surface area contributed by atoms with E-state index in [4.69, 9.17) is 4.52 Å². The van der Waals surface area contributed by atoms with Gasteiger partial charge < -0.3 is 4.52 Å². The van der Waals surface area contributed by atoms with Gasteiger partial charge in [-0.15, -0.1) is 0 Å². The van der Waals surface area contributed by atoms with Crippen molar-refractivity contribution in [3.8, 4) is 0 Å². The van der Waals surface area contributed by atoms with Crippen molar-refractivity contribution in [2.75, 3.05) is 0 Å². The Balaban J connectivity index is 1.65. The highest BCUT2D eigenvalue weighted by atomic mass is 16.5. The molecule has 30 heavy (non-hydrogen) atoms. The Morgan fingerprint density at radius 1 is 0.967 bits per heavy atom. The standard InChI is InChI=1S/C21H17N5O4/c1-13-11-17(30-25-13)19(27)22-23-20(28)18-15-9-5-6-10-16(15)21(29)26(24-18)12-14-7-3-2-4-8-14/h2-11H,12H2,1H3,(H,22,27)(H,23,28). The highest BCUT2D eigenvalue weighted by Gasteiger charge is 2.18. The van der Waals surface area contributed by atoms with Gasteiger partial charge in [0.1, 0.15) is 0 Å². The van der Waals surface area contributed by atoms with Crippen LogP contribution in [0.25, 0.3) is 10.8 Å². The zero-order valence-electron chi connectivity index (χ0n) is 16.0. The molecule has 0 aliphatic carbocycles. The second kappa shape index (κ2) is 8.00. The van der Waals surface area contributed by atoms with Crippen LogP contribution >= 0.6 is 0 Å². The minimum atomic E-state index is -0.669. The number of nitrogens with zero attached hydrogens (tertiary/aromatic N) is 3. The molecule has 0 saturated heterocycles. The molecule has 2 heterocycles. The van der Waals surface area contributed by atoms with Crippen LogP contribution in [0.15, 0.2) is 70.0 Å². The number of hydrogen-bond donors (Lipinski definition) is 2. The first-order chi connectivity index (χ1) is 14.5. The van der Waals surface area contributed by atoms with E-state index in [0.29, 0.717) is 16.5 Å². The molecule has 2 aromatic heterocycles. The number of nitrogens with one attached hydrogen (secondary N) is 2. The lowest BCUT2D eigenvalue weighted by atomic mass is 10.1. The van der Waals surface area contributed by atoms with Crippen LogP contribution in [0.1, 0.15) is 32.3 Å². The number of hydrogen-bond acceptors (Lipinski definition) is 6. The van der Waals surface area contributed by atoms with Gasteiger partial charge in [0.05, 0.1) is 17.6 Å². The molecule has 2 amide bonds. The maximum atomic E-state index is 12.8. The van der Waals surface area contributed by atoms with Gasteiger partial charge in [-0.1, -0.05) is 53.7 Å². The number of amides is 2. The first-order valence-corrected chi connectivity index (χ1v) is 9.11. The van der Waals surface area contributed by atoms with Crippen LogP contribution in [0, 0.1) is 6.92 Å². The molecule has 0 atom stereocenters. The van der Waals surface area contributed by atoms with Crippen molar-refractivity contribution < 1.29 is 14.1 Å². The molecule has 2 aromatic carbocycles. The van der Waals surface area contributed by atoms with Crippen molar-refractivity contribution in [2.45, 2.75) is 13.5 Å². The number of carbonyl (C=O) groups is 2. The number of fused-ring (bicyclic) bond motifs is 1. The summed E-state index contributed by atoms with van der Waals surface area (Å²) in [6.07, 6.45) is 0. The molecule has 4 rings (SSSR count). The van der Waals surface area contributed by atoms with E-state index in [2.05, 4.69) is 21.1 Å². The maximum Gasteiger partial charge on any atom is 0.308 e. The smallest absolute Gasteiger partial charge is 0.308 e. The van der Waals surface area contributed by atoms with Crippen molar-refractivity contribution in [2.24, 2.45) is 0 Å². The summed E-state index contributed by atoms with van der Waals surface area (Å²) in [6.45, 7) is 1.87. The Morgan fingerprint density at radius 2 is 1.63 bits per heavy atom. The fourth-order valence-electron chi connectivity index (χ4n) is 2.97. The molecular formula is C21H17N5O4. The second-order valence-electron chi connectivity index (χ2n) is 6.58. The van der Waals surface area contributed by atoms with Gasteiger partial charge in [-0.2, -0.15) is 5.10 Å². The Bertz CT molecular complexity index is 1290. The summed E-state index contributed by atoms with van der Waals surface area (Å²) in [5.41, 5.74) is 5.66. The van der Waals surface area contributed by atoms with E-state index >= 15 is 0 Å². The monoisotopic (exact) mass is 403 g/mol.